The van der Waals surface area contributed by atoms with E-state index >= 15 is 0 Å². The SMILES string of the molecule is Cc1cc(C(=O)O)ccc1-c1ccc(/C=C2\SC(=O)N(CC(=O)Nc3cccc4ccccc34)C2=O)o1. The van der Waals surface area contributed by atoms with Gasteiger partial charge < -0.3 is 14.8 Å². The molecule has 184 valence electrons. The third-order valence-corrected chi connectivity index (χ3v) is 6.79. The number of hydrogen-bond acceptors (Lipinski definition) is 6. The summed E-state index contributed by atoms with van der Waals surface area (Å²) in [4.78, 5) is 50.3. The van der Waals surface area contributed by atoms with Crippen molar-refractivity contribution in [2.24, 2.45) is 0 Å². The Morgan fingerprint density at radius 2 is 1.81 bits per heavy atom. The minimum absolute atomic E-state index is 0.141. The summed E-state index contributed by atoms with van der Waals surface area (Å²) in [5, 5.41) is 13.2. The number of thioether (sulfide) groups is 1. The van der Waals surface area contributed by atoms with Crippen molar-refractivity contribution in [2.75, 3.05) is 11.9 Å². The van der Waals surface area contributed by atoms with E-state index < -0.39 is 29.6 Å². The maximum Gasteiger partial charge on any atom is 0.335 e. The smallest absolute Gasteiger partial charge is 0.335 e. The summed E-state index contributed by atoms with van der Waals surface area (Å²) in [7, 11) is 0. The van der Waals surface area contributed by atoms with Crippen LogP contribution < -0.4 is 5.32 Å². The molecule has 0 spiro atoms. The molecule has 2 heterocycles. The number of furan rings is 1. The molecule has 0 bridgehead atoms. The summed E-state index contributed by atoms with van der Waals surface area (Å²) in [6, 6.07) is 21.1. The molecular weight excluding hydrogens is 492 g/mol. The number of aryl methyl sites for hydroxylation is 1. The average Bonchev–Trinajstić information content (AvgIpc) is 3.44. The average molecular weight is 513 g/mol. The topological polar surface area (TPSA) is 117 Å². The molecule has 0 saturated carbocycles. The Morgan fingerprint density at radius 3 is 2.59 bits per heavy atom. The summed E-state index contributed by atoms with van der Waals surface area (Å²) in [6.45, 7) is 1.36. The summed E-state index contributed by atoms with van der Waals surface area (Å²) in [5.41, 5.74) is 2.20. The molecule has 2 N–H and O–H groups in total. The van der Waals surface area contributed by atoms with Crippen LogP contribution in [0.15, 0.2) is 82.1 Å². The first-order valence-electron chi connectivity index (χ1n) is 11.3. The summed E-state index contributed by atoms with van der Waals surface area (Å²) in [6.07, 6.45) is 1.46. The number of benzene rings is 3. The summed E-state index contributed by atoms with van der Waals surface area (Å²) < 4.78 is 5.83. The second-order valence-corrected chi connectivity index (χ2v) is 9.37. The molecule has 1 fully saturated rings. The Kier molecular flexibility index (Phi) is 6.37. The molecule has 0 aliphatic carbocycles. The fourth-order valence-electron chi connectivity index (χ4n) is 4.08. The van der Waals surface area contributed by atoms with E-state index in [4.69, 9.17) is 9.52 Å². The monoisotopic (exact) mass is 512 g/mol. The zero-order chi connectivity index (χ0) is 26.1. The number of aromatic carboxylic acids is 1. The van der Waals surface area contributed by atoms with Gasteiger partial charge in [-0.15, -0.1) is 0 Å². The van der Waals surface area contributed by atoms with Crippen LogP contribution in [-0.4, -0.2) is 39.6 Å². The molecule has 37 heavy (non-hydrogen) atoms. The largest absolute Gasteiger partial charge is 0.478 e. The number of anilines is 1. The number of carbonyl (C=O) groups excluding carboxylic acids is 3. The Labute approximate surface area is 215 Å². The molecule has 0 radical (unpaired) electrons. The van der Waals surface area contributed by atoms with Crippen molar-refractivity contribution in [1.29, 1.82) is 0 Å². The number of rotatable bonds is 6. The van der Waals surface area contributed by atoms with Crippen LogP contribution in [0.25, 0.3) is 28.2 Å². The van der Waals surface area contributed by atoms with Gasteiger partial charge in [0.2, 0.25) is 5.91 Å². The third kappa shape index (κ3) is 4.89. The normalized spacial score (nSPS) is 14.5. The first kappa shape index (κ1) is 24.1. The van der Waals surface area contributed by atoms with Crippen LogP contribution in [0.2, 0.25) is 0 Å². The fraction of sp³-hybridized carbons (Fsp3) is 0.0714. The van der Waals surface area contributed by atoms with Crippen LogP contribution in [-0.2, 0) is 9.59 Å². The lowest BCUT2D eigenvalue weighted by atomic mass is 10.0. The number of nitrogens with zero attached hydrogens (tertiary/aromatic N) is 1. The van der Waals surface area contributed by atoms with Gasteiger partial charge in [-0.05, 0) is 60.0 Å². The lowest BCUT2D eigenvalue weighted by Gasteiger charge is -2.13. The number of imide groups is 1. The van der Waals surface area contributed by atoms with E-state index in [1.807, 2.05) is 36.4 Å². The van der Waals surface area contributed by atoms with Gasteiger partial charge in [-0.1, -0.05) is 42.5 Å². The van der Waals surface area contributed by atoms with Gasteiger partial charge >= 0.3 is 5.97 Å². The Balaban J connectivity index is 1.30. The summed E-state index contributed by atoms with van der Waals surface area (Å²) in [5.74, 6) is -1.24. The molecule has 5 rings (SSSR count). The number of fused-ring (bicyclic) bond motifs is 1. The van der Waals surface area contributed by atoms with Gasteiger partial charge in [0.05, 0.1) is 10.5 Å². The minimum atomic E-state index is -1.02. The summed E-state index contributed by atoms with van der Waals surface area (Å²) >= 11 is 0.734. The maximum absolute atomic E-state index is 12.9. The minimum Gasteiger partial charge on any atom is -0.478 e. The van der Waals surface area contributed by atoms with Gasteiger partial charge in [-0.3, -0.25) is 19.3 Å². The first-order valence-corrected chi connectivity index (χ1v) is 12.1. The number of carboxylic acids is 1. The van der Waals surface area contributed by atoms with E-state index in [1.165, 1.54) is 12.1 Å². The molecule has 4 aromatic rings. The van der Waals surface area contributed by atoms with Crippen LogP contribution in [0.5, 0.6) is 0 Å². The molecule has 1 aliphatic rings. The van der Waals surface area contributed by atoms with E-state index in [1.54, 1.807) is 37.3 Å². The molecule has 9 heteroatoms. The molecule has 3 aromatic carbocycles. The zero-order valence-electron chi connectivity index (χ0n) is 19.6. The molecule has 0 unspecified atom stereocenters. The fourth-order valence-corrected chi connectivity index (χ4v) is 4.90. The highest BCUT2D eigenvalue weighted by atomic mass is 32.2. The number of amides is 3. The van der Waals surface area contributed by atoms with Crippen molar-refractivity contribution < 1.29 is 28.7 Å². The van der Waals surface area contributed by atoms with E-state index in [-0.39, 0.29) is 10.5 Å². The Morgan fingerprint density at radius 1 is 1.03 bits per heavy atom. The first-order chi connectivity index (χ1) is 17.8. The van der Waals surface area contributed by atoms with Crippen molar-refractivity contribution in [3.05, 3.63) is 94.6 Å². The highest BCUT2D eigenvalue weighted by Gasteiger charge is 2.36. The predicted octanol–water partition coefficient (Wildman–Crippen LogP) is 5.78. The van der Waals surface area contributed by atoms with E-state index in [2.05, 4.69) is 5.32 Å². The van der Waals surface area contributed by atoms with Crippen molar-refractivity contribution in [1.82, 2.24) is 4.90 Å². The molecule has 1 aromatic heterocycles. The molecule has 1 aliphatic heterocycles. The van der Waals surface area contributed by atoms with Crippen molar-refractivity contribution in [3.8, 4) is 11.3 Å². The second kappa shape index (κ2) is 9.79. The Hall–Kier alpha value is -4.63. The van der Waals surface area contributed by atoms with Crippen LogP contribution in [0.3, 0.4) is 0 Å². The third-order valence-electron chi connectivity index (χ3n) is 5.88. The molecular formula is C28H20N2O6S. The van der Waals surface area contributed by atoms with E-state index in [0.29, 0.717) is 22.8 Å². The zero-order valence-corrected chi connectivity index (χ0v) is 20.4. The standard InChI is InChI=1S/C28H20N2O6S/c1-16-13-18(27(33)34)9-11-20(16)23-12-10-19(36-23)14-24-26(32)30(28(35)37-24)15-25(31)29-22-8-4-6-17-5-2-3-7-21(17)22/h2-14H,15H2,1H3,(H,29,31)(H,33,34)/b24-14-. The van der Waals surface area contributed by atoms with Crippen LogP contribution in [0.4, 0.5) is 10.5 Å². The lowest BCUT2D eigenvalue weighted by molar-refractivity contribution is -0.127. The number of nitrogens with one attached hydrogen (secondary N) is 1. The van der Waals surface area contributed by atoms with Crippen molar-refractivity contribution in [2.45, 2.75) is 6.92 Å². The highest BCUT2D eigenvalue weighted by Crippen LogP contribution is 2.34. The van der Waals surface area contributed by atoms with Gasteiger partial charge in [-0.25, -0.2) is 4.79 Å². The number of carboxylic acid groups (broad SMARTS) is 1. The van der Waals surface area contributed by atoms with Crippen LogP contribution >= 0.6 is 11.8 Å². The second-order valence-electron chi connectivity index (χ2n) is 8.38. The van der Waals surface area contributed by atoms with Crippen molar-refractivity contribution >= 4 is 57.3 Å². The van der Waals surface area contributed by atoms with Gasteiger partial charge in [0.15, 0.2) is 0 Å². The molecule has 8 nitrogen and oxygen atoms in total. The molecule has 1 saturated heterocycles. The maximum atomic E-state index is 12.9. The highest BCUT2D eigenvalue weighted by molar-refractivity contribution is 8.18. The van der Waals surface area contributed by atoms with E-state index in [9.17, 15) is 19.2 Å². The van der Waals surface area contributed by atoms with Crippen LogP contribution in [0, 0.1) is 6.92 Å². The van der Waals surface area contributed by atoms with Gasteiger partial charge in [0.25, 0.3) is 11.1 Å². The van der Waals surface area contributed by atoms with E-state index in [0.717, 1.165) is 33.0 Å². The quantitative estimate of drug-likeness (QED) is 0.315. The number of hydrogen-bond donors (Lipinski definition) is 2. The van der Waals surface area contributed by atoms with Crippen molar-refractivity contribution in [3.63, 3.8) is 0 Å². The molecule has 3 amide bonds. The predicted molar refractivity (Wildman–Crippen MR) is 141 cm³/mol. The van der Waals surface area contributed by atoms with Gasteiger partial charge in [-0.2, -0.15) is 0 Å². The number of carbonyl (C=O) groups is 4. The van der Waals surface area contributed by atoms with Crippen LogP contribution in [0.1, 0.15) is 21.7 Å². The van der Waals surface area contributed by atoms with Gasteiger partial charge in [0.1, 0.15) is 18.1 Å². The van der Waals surface area contributed by atoms with Gasteiger partial charge in [0, 0.05) is 22.7 Å². The lowest BCUT2D eigenvalue weighted by Crippen LogP contribution is -2.36. The Bertz CT molecular complexity index is 1610. The molecule has 0 atom stereocenters.